The zero-order valence-corrected chi connectivity index (χ0v) is 11.9. The molecule has 0 radical (unpaired) electrons. The molecule has 3 N–H and O–H groups in total. The maximum atomic E-state index is 13.7. The summed E-state index contributed by atoms with van der Waals surface area (Å²) in [4.78, 5) is 4.18. The Kier molecular flexibility index (Phi) is 4.21. The Morgan fingerprint density at radius 2 is 2.16 bits per heavy atom. The van der Waals surface area contributed by atoms with Gasteiger partial charge in [-0.15, -0.1) is 0 Å². The molecule has 1 aromatic carbocycles. The summed E-state index contributed by atoms with van der Waals surface area (Å²) in [6, 6.07) is 8.07. The number of hydrogen-bond donors (Lipinski definition) is 2. The highest BCUT2D eigenvalue weighted by Gasteiger charge is 2.07. The number of benzene rings is 1. The van der Waals surface area contributed by atoms with Crippen molar-refractivity contribution in [3.63, 3.8) is 0 Å². The Hall–Kier alpha value is -1.82. The normalized spacial score (nSPS) is 10.3. The number of ether oxygens (including phenoxy) is 1. The van der Waals surface area contributed by atoms with Gasteiger partial charge in [0.25, 0.3) is 0 Å². The Morgan fingerprint density at radius 3 is 2.84 bits per heavy atom. The lowest BCUT2D eigenvalue weighted by molar-refractivity contribution is 0.329. The van der Waals surface area contributed by atoms with E-state index >= 15 is 0 Å². The number of rotatable bonds is 4. The molecule has 0 aliphatic rings. The van der Waals surface area contributed by atoms with Gasteiger partial charge >= 0.3 is 0 Å². The van der Waals surface area contributed by atoms with E-state index < -0.39 is 0 Å². The maximum Gasteiger partial charge on any atom is 0.239 e. The summed E-state index contributed by atoms with van der Waals surface area (Å²) in [5, 5.41) is 2.88. The van der Waals surface area contributed by atoms with Gasteiger partial charge in [0.1, 0.15) is 11.6 Å². The van der Waals surface area contributed by atoms with Crippen LogP contribution in [0.2, 0.25) is 0 Å². The van der Waals surface area contributed by atoms with Crippen LogP contribution in [0.3, 0.4) is 0 Å². The van der Waals surface area contributed by atoms with Gasteiger partial charge in [-0.3, -0.25) is 0 Å². The largest absolute Gasteiger partial charge is 0.476 e. The number of nitrogens with two attached hydrogens (primary N) is 1. The van der Waals surface area contributed by atoms with Gasteiger partial charge in [0.05, 0.1) is 18.0 Å². The average molecular weight is 326 g/mol. The van der Waals surface area contributed by atoms with Gasteiger partial charge in [-0.2, -0.15) is 4.98 Å². The van der Waals surface area contributed by atoms with E-state index in [0.29, 0.717) is 34.2 Å². The summed E-state index contributed by atoms with van der Waals surface area (Å²) in [5.74, 6) is 0.440. The first kappa shape index (κ1) is 13.6. The lowest BCUT2D eigenvalue weighted by atomic mass is 10.3. The molecule has 100 valence electrons. The second-order valence-electron chi connectivity index (χ2n) is 3.77. The highest BCUT2D eigenvalue weighted by Crippen LogP contribution is 2.25. The second kappa shape index (κ2) is 5.88. The second-order valence-corrected chi connectivity index (χ2v) is 4.69. The summed E-state index contributed by atoms with van der Waals surface area (Å²) >= 11 is 3.20. The molecular formula is C13H13BrFN3O. The molecular weight excluding hydrogens is 313 g/mol. The van der Waals surface area contributed by atoms with Crippen molar-refractivity contribution in [2.24, 2.45) is 0 Å². The van der Waals surface area contributed by atoms with Crippen LogP contribution in [-0.2, 0) is 0 Å². The Balaban J connectivity index is 2.25. The smallest absolute Gasteiger partial charge is 0.239 e. The standard InChI is InChI=1S/C13H13BrFN3O/c1-2-19-13-10(16)4-6-12(18-13)17-11-5-3-8(14)7-9(11)15/h3-7H,2,16H2,1H3,(H,17,18). The van der Waals surface area contributed by atoms with Crippen LogP contribution < -0.4 is 15.8 Å². The van der Waals surface area contributed by atoms with Gasteiger partial charge in [0.2, 0.25) is 5.88 Å². The predicted molar refractivity (Wildman–Crippen MR) is 77.2 cm³/mol. The van der Waals surface area contributed by atoms with E-state index in [1.165, 1.54) is 6.07 Å². The van der Waals surface area contributed by atoms with Crippen LogP contribution in [0.15, 0.2) is 34.8 Å². The Labute approximate surface area is 118 Å². The Morgan fingerprint density at radius 1 is 1.37 bits per heavy atom. The molecule has 0 amide bonds. The van der Waals surface area contributed by atoms with Gasteiger partial charge in [0, 0.05) is 4.47 Å². The third-order valence-electron chi connectivity index (χ3n) is 2.36. The molecule has 1 heterocycles. The fourth-order valence-electron chi connectivity index (χ4n) is 1.50. The Bertz CT molecular complexity index is 592. The fourth-order valence-corrected chi connectivity index (χ4v) is 1.84. The summed E-state index contributed by atoms with van der Waals surface area (Å²) in [5.41, 5.74) is 6.51. The first-order valence-corrected chi connectivity index (χ1v) is 6.51. The van der Waals surface area contributed by atoms with E-state index in [-0.39, 0.29) is 5.82 Å². The quantitative estimate of drug-likeness (QED) is 0.899. The van der Waals surface area contributed by atoms with Gasteiger partial charge in [-0.25, -0.2) is 4.39 Å². The molecule has 0 unspecified atom stereocenters. The average Bonchev–Trinajstić information content (AvgIpc) is 2.37. The third kappa shape index (κ3) is 3.35. The van der Waals surface area contributed by atoms with Crippen molar-refractivity contribution >= 4 is 33.1 Å². The summed E-state index contributed by atoms with van der Waals surface area (Å²) in [6.07, 6.45) is 0. The summed E-state index contributed by atoms with van der Waals surface area (Å²) in [7, 11) is 0. The summed E-state index contributed by atoms with van der Waals surface area (Å²) < 4.78 is 19.7. The van der Waals surface area contributed by atoms with Crippen LogP contribution in [0.1, 0.15) is 6.92 Å². The van der Waals surface area contributed by atoms with Gasteiger partial charge in [-0.1, -0.05) is 15.9 Å². The van der Waals surface area contributed by atoms with E-state index in [9.17, 15) is 4.39 Å². The highest BCUT2D eigenvalue weighted by molar-refractivity contribution is 9.10. The molecule has 0 bridgehead atoms. The summed E-state index contributed by atoms with van der Waals surface area (Å²) in [6.45, 7) is 2.31. The van der Waals surface area contributed by atoms with Crippen molar-refractivity contribution in [1.29, 1.82) is 0 Å². The molecule has 4 nitrogen and oxygen atoms in total. The number of hydrogen-bond acceptors (Lipinski definition) is 4. The van der Waals surface area contributed by atoms with Crippen molar-refractivity contribution in [3.05, 3.63) is 40.6 Å². The van der Waals surface area contributed by atoms with E-state index in [4.69, 9.17) is 10.5 Å². The van der Waals surface area contributed by atoms with Crippen molar-refractivity contribution in [1.82, 2.24) is 4.98 Å². The molecule has 2 rings (SSSR count). The lowest BCUT2D eigenvalue weighted by Crippen LogP contribution is -2.02. The van der Waals surface area contributed by atoms with E-state index in [0.717, 1.165) is 0 Å². The minimum absolute atomic E-state index is 0.336. The van der Waals surface area contributed by atoms with Crippen molar-refractivity contribution in [3.8, 4) is 5.88 Å². The number of pyridine rings is 1. The molecule has 0 fully saturated rings. The SMILES string of the molecule is CCOc1nc(Nc2ccc(Br)cc2F)ccc1N. The number of halogens is 2. The molecule has 2 aromatic rings. The zero-order chi connectivity index (χ0) is 13.8. The first-order valence-electron chi connectivity index (χ1n) is 5.71. The number of aromatic nitrogens is 1. The van der Waals surface area contributed by atoms with Crippen LogP contribution in [0.5, 0.6) is 5.88 Å². The maximum absolute atomic E-state index is 13.7. The van der Waals surface area contributed by atoms with Crippen LogP contribution >= 0.6 is 15.9 Å². The van der Waals surface area contributed by atoms with E-state index in [2.05, 4.69) is 26.2 Å². The van der Waals surface area contributed by atoms with Crippen LogP contribution in [0, 0.1) is 5.82 Å². The van der Waals surface area contributed by atoms with E-state index in [1.807, 2.05) is 6.92 Å². The van der Waals surface area contributed by atoms with Crippen LogP contribution in [0.25, 0.3) is 0 Å². The molecule has 0 saturated carbocycles. The third-order valence-corrected chi connectivity index (χ3v) is 2.86. The molecule has 0 aliphatic heterocycles. The zero-order valence-electron chi connectivity index (χ0n) is 10.3. The van der Waals surface area contributed by atoms with Crippen molar-refractivity contribution in [2.75, 3.05) is 17.7 Å². The number of nitrogens with one attached hydrogen (secondary N) is 1. The monoisotopic (exact) mass is 325 g/mol. The first-order chi connectivity index (χ1) is 9.10. The number of nitrogen functional groups attached to an aromatic ring is 1. The van der Waals surface area contributed by atoms with Gasteiger partial charge in [0.15, 0.2) is 0 Å². The topological polar surface area (TPSA) is 60.2 Å². The number of nitrogens with zero attached hydrogens (tertiary/aromatic N) is 1. The molecule has 0 saturated heterocycles. The van der Waals surface area contributed by atoms with E-state index in [1.54, 1.807) is 24.3 Å². The predicted octanol–water partition coefficient (Wildman–Crippen LogP) is 3.71. The number of anilines is 3. The minimum atomic E-state index is -0.369. The molecule has 19 heavy (non-hydrogen) atoms. The molecule has 0 spiro atoms. The molecule has 1 aromatic heterocycles. The van der Waals surface area contributed by atoms with Crippen molar-refractivity contribution < 1.29 is 9.13 Å². The van der Waals surface area contributed by atoms with Gasteiger partial charge < -0.3 is 15.8 Å². The minimum Gasteiger partial charge on any atom is -0.476 e. The molecule has 6 heteroatoms. The van der Waals surface area contributed by atoms with Crippen LogP contribution in [-0.4, -0.2) is 11.6 Å². The highest BCUT2D eigenvalue weighted by atomic mass is 79.9. The van der Waals surface area contributed by atoms with Crippen LogP contribution in [0.4, 0.5) is 21.6 Å². The fraction of sp³-hybridized carbons (Fsp3) is 0.154. The molecule has 0 atom stereocenters. The lowest BCUT2D eigenvalue weighted by Gasteiger charge is -2.10. The van der Waals surface area contributed by atoms with Gasteiger partial charge in [-0.05, 0) is 37.3 Å². The molecule has 0 aliphatic carbocycles. The van der Waals surface area contributed by atoms with Crippen molar-refractivity contribution in [2.45, 2.75) is 6.92 Å².